The Labute approximate surface area is 88.8 Å². The van der Waals surface area contributed by atoms with Gasteiger partial charge < -0.3 is 10.6 Å². The Morgan fingerprint density at radius 2 is 1.86 bits per heavy atom. The molecule has 2 heteroatoms. The summed E-state index contributed by atoms with van der Waals surface area (Å²) in [6.45, 7) is 5.60. The van der Waals surface area contributed by atoms with E-state index in [1.165, 1.54) is 25.7 Å². The molecule has 0 aromatic rings. The molecule has 0 aromatic heterocycles. The first-order valence-corrected chi connectivity index (χ1v) is 6.09. The minimum absolute atomic E-state index is 0.361. The molecule has 0 amide bonds. The van der Waals surface area contributed by atoms with Crippen molar-refractivity contribution in [2.75, 3.05) is 13.6 Å². The number of hydrogen-bond acceptors (Lipinski definition) is 2. The van der Waals surface area contributed by atoms with Crippen LogP contribution >= 0.6 is 0 Å². The van der Waals surface area contributed by atoms with Gasteiger partial charge in [-0.15, -0.1) is 0 Å². The van der Waals surface area contributed by atoms with Gasteiger partial charge in [0.2, 0.25) is 0 Å². The topological polar surface area (TPSA) is 29.3 Å². The van der Waals surface area contributed by atoms with Crippen LogP contribution in [-0.4, -0.2) is 30.6 Å². The highest BCUT2D eigenvalue weighted by Gasteiger charge is 2.22. The second kappa shape index (κ2) is 5.72. The van der Waals surface area contributed by atoms with Crippen LogP contribution in [0.15, 0.2) is 0 Å². The van der Waals surface area contributed by atoms with E-state index in [0.29, 0.717) is 6.04 Å². The molecule has 84 valence electrons. The molecular formula is C12H26N2. The first-order valence-electron chi connectivity index (χ1n) is 6.09. The number of nitrogens with two attached hydrogens (primary N) is 1. The Hall–Kier alpha value is -0.0800. The van der Waals surface area contributed by atoms with Gasteiger partial charge in [0.05, 0.1) is 0 Å². The van der Waals surface area contributed by atoms with Gasteiger partial charge in [-0.25, -0.2) is 0 Å². The Balaban J connectivity index is 2.26. The summed E-state index contributed by atoms with van der Waals surface area (Å²) in [7, 11) is 2.23. The van der Waals surface area contributed by atoms with Gasteiger partial charge in [-0.1, -0.05) is 13.8 Å². The first-order chi connectivity index (χ1) is 6.63. The number of rotatable bonds is 4. The molecule has 1 saturated carbocycles. The maximum Gasteiger partial charge on any atom is 0.0165 e. The molecule has 0 aromatic carbocycles. The summed E-state index contributed by atoms with van der Waals surface area (Å²) in [6.07, 6.45) is 6.63. The highest BCUT2D eigenvalue weighted by atomic mass is 15.1. The van der Waals surface area contributed by atoms with Crippen molar-refractivity contribution in [2.24, 2.45) is 11.7 Å². The maximum atomic E-state index is 5.97. The van der Waals surface area contributed by atoms with Gasteiger partial charge >= 0.3 is 0 Å². The van der Waals surface area contributed by atoms with Gasteiger partial charge in [-0.05, 0) is 45.1 Å². The van der Waals surface area contributed by atoms with Crippen molar-refractivity contribution in [3.63, 3.8) is 0 Å². The van der Waals surface area contributed by atoms with E-state index >= 15 is 0 Å². The minimum Gasteiger partial charge on any atom is -0.327 e. The smallest absolute Gasteiger partial charge is 0.0165 e. The molecule has 1 rings (SSSR count). The van der Waals surface area contributed by atoms with Crippen molar-refractivity contribution in [2.45, 2.75) is 58.0 Å². The first kappa shape index (κ1) is 12.0. The molecule has 1 atom stereocenters. The quantitative estimate of drug-likeness (QED) is 0.750. The fourth-order valence-corrected chi connectivity index (χ4v) is 2.33. The average Bonchev–Trinajstić information content (AvgIpc) is 2.18. The molecule has 1 aliphatic rings. The fraction of sp³-hybridized carbons (Fsp3) is 1.00. The molecule has 1 aliphatic carbocycles. The molecule has 0 aliphatic heterocycles. The largest absolute Gasteiger partial charge is 0.327 e. The molecule has 2 nitrogen and oxygen atoms in total. The molecule has 0 saturated heterocycles. The fourth-order valence-electron chi connectivity index (χ4n) is 2.33. The van der Waals surface area contributed by atoms with Crippen LogP contribution in [0.5, 0.6) is 0 Å². The SMILES string of the molecule is CCC(N)CN(C)C1CCC(C)CC1. The standard InChI is InChI=1S/C12H26N2/c1-4-11(13)9-14(3)12-7-5-10(2)6-8-12/h10-12H,4-9,13H2,1-3H3. The van der Waals surface area contributed by atoms with Crippen LogP contribution in [0, 0.1) is 5.92 Å². The summed E-state index contributed by atoms with van der Waals surface area (Å²) in [5, 5.41) is 0. The lowest BCUT2D eigenvalue weighted by molar-refractivity contribution is 0.162. The summed E-state index contributed by atoms with van der Waals surface area (Å²) in [5.41, 5.74) is 5.97. The highest BCUT2D eigenvalue weighted by molar-refractivity contribution is 4.78. The molecule has 0 spiro atoms. The third-order valence-electron chi connectivity index (χ3n) is 3.66. The van der Waals surface area contributed by atoms with Crippen LogP contribution in [0.2, 0.25) is 0 Å². The van der Waals surface area contributed by atoms with Crippen LogP contribution in [0.4, 0.5) is 0 Å². The third-order valence-corrected chi connectivity index (χ3v) is 3.66. The van der Waals surface area contributed by atoms with Gasteiger partial charge in [0.15, 0.2) is 0 Å². The van der Waals surface area contributed by atoms with Crippen LogP contribution < -0.4 is 5.73 Å². The van der Waals surface area contributed by atoms with Crippen LogP contribution in [0.25, 0.3) is 0 Å². The second-order valence-electron chi connectivity index (χ2n) is 5.02. The zero-order chi connectivity index (χ0) is 10.6. The number of nitrogens with zero attached hydrogens (tertiary/aromatic N) is 1. The van der Waals surface area contributed by atoms with Gasteiger partial charge in [-0.3, -0.25) is 0 Å². The van der Waals surface area contributed by atoms with E-state index in [4.69, 9.17) is 5.73 Å². The van der Waals surface area contributed by atoms with Crippen molar-refractivity contribution in [3.05, 3.63) is 0 Å². The van der Waals surface area contributed by atoms with E-state index in [9.17, 15) is 0 Å². The molecule has 2 N–H and O–H groups in total. The molecule has 1 fully saturated rings. The second-order valence-corrected chi connectivity index (χ2v) is 5.02. The van der Waals surface area contributed by atoms with E-state index in [1.54, 1.807) is 0 Å². The summed E-state index contributed by atoms with van der Waals surface area (Å²) in [6, 6.07) is 1.16. The van der Waals surface area contributed by atoms with E-state index < -0.39 is 0 Å². The summed E-state index contributed by atoms with van der Waals surface area (Å²) < 4.78 is 0. The minimum atomic E-state index is 0.361. The normalized spacial score (nSPS) is 30.6. The van der Waals surface area contributed by atoms with Crippen LogP contribution in [0.1, 0.15) is 46.0 Å². The molecular weight excluding hydrogens is 172 g/mol. The molecule has 0 bridgehead atoms. The summed E-state index contributed by atoms with van der Waals surface area (Å²) >= 11 is 0. The van der Waals surface area contributed by atoms with Crippen molar-refractivity contribution >= 4 is 0 Å². The Bertz CT molecular complexity index is 150. The zero-order valence-corrected chi connectivity index (χ0v) is 10.00. The van der Waals surface area contributed by atoms with Crippen molar-refractivity contribution < 1.29 is 0 Å². The van der Waals surface area contributed by atoms with Crippen molar-refractivity contribution in [1.82, 2.24) is 4.90 Å². The van der Waals surface area contributed by atoms with Crippen LogP contribution in [-0.2, 0) is 0 Å². The lowest BCUT2D eigenvalue weighted by Crippen LogP contribution is -2.42. The highest BCUT2D eigenvalue weighted by Crippen LogP contribution is 2.26. The summed E-state index contributed by atoms with van der Waals surface area (Å²) in [4.78, 5) is 2.47. The van der Waals surface area contributed by atoms with Gasteiger partial charge in [0.1, 0.15) is 0 Å². The van der Waals surface area contributed by atoms with E-state index in [2.05, 4.69) is 25.8 Å². The Kier molecular flexibility index (Phi) is 4.90. The molecule has 14 heavy (non-hydrogen) atoms. The molecule has 1 unspecified atom stereocenters. The average molecular weight is 198 g/mol. The van der Waals surface area contributed by atoms with Crippen molar-refractivity contribution in [3.8, 4) is 0 Å². The Morgan fingerprint density at radius 1 is 1.29 bits per heavy atom. The third kappa shape index (κ3) is 3.58. The van der Waals surface area contributed by atoms with E-state index in [0.717, 1.165) is 24.9 Å². The van der Waals surface area contributed by atoms with Gasteiger partial charge in [-0.2, -0.15) is 0 Å². The predicted octanol–water partition coefficient (Wildman–Crippen LogP) is 2.23. The lowest BCUT2D eigenvalue weighted by Gasteiger charge is -2.34. The maximum absolute atomic E-state index is 5.97. The lowest BCUT2D eigenvalue weighted by atomic mass is 9.86. The molecule has 0 heterocycles. The van der Waals surface area contributed by atoms with E-state index in [-0.39, 0.29) is 0 Å². The zero-order valence-electron chi connectivity index (χ0n) is 10.00. The van der Waals surface area contributed by atoms with E-state index in [1.807, 2.05) is 0 Å². The van der Waals surface area contributed by atoms with Gasteiger partial charge in [0.25, 0.3) is 0 Å². The Morgan fingerprint density at radius 3 is 2.36 bits per heavy atom. The monoisotopic (exact) mass is 198 g/mol. The van der Waals surface area contributed by atoms with Crippen molar-refractivity contribution in [1.29, 1.82) is 0 Å². The van der Waals surface area contributed by atoms with Crippen LogP contribution in [0.3, 0.4) is 0 Å². The predicted molar refractivity (Wildman–Crippen MR) is 62.3 cm³/mol. The molecule has 0 radical (unpaired) electrons. The number of hydrogen-bond donors (Lipinski definition) is 1. The summed E-state index contributed by atoms with van der Waals surface area (Å²) in [5.74, 6) is 0.944. The number of likely N-dealkylation sites (N-methyl/N-ethyl adjacent to an activating group) is 1. The van der Waals surface area contributed by atoms with Gasteiger partial charge in [0, 0.05) is 18.6 Å².